The van der Waals surface area contributed by atoms with E-state index in [2.05, 4.69) is 27.7 Å². The molecule has 0 saturated carbocycles. The molecule has 0 radical (unpaired) electrons. The highest BCUT2D eigenvalue weighted by atomic mass is 16.3. The van der Waals surface area contributed by atoms with E-state index in [1.165, 1.54) is 141 Å². The van der Waals surface area contributed by atoms with Crippen molar-refractivity contribution in [3.05, 3.63) is 23.3 Å². The second-order valence-electron chi connectivity index (χ2n) is 12.4. The highest BCUT2D eigenvalue weighted by Gasteiger charge is 2.22. The molecule has 2 unspecified atom stereocenters. The van der Waals surface area contributed by atoms with Gasteiger partial charge in [0.1, 0.15) is 11.5 Å². The Labute approximate surface area is 238 Å². The molecule has 0 bridgehead atoms. The number of unbranched alkanes of at least 4 members (excludes halogenated alkanes) is 20. The quantitative estimate of drug-likeness (QED) is 0.0923. The lowest BCUT2D eigenvalue weighted by atomic mass is 9.83. The van der Waals surface area contributed by atoms with Crippen LogP contribution in [0.15, 0.2) is 12.1 Å². The average molecular weight is 531 g/mol. The SMILES string of the molecule is CCCCCCCCCCCCCCC(C)c1c(O)ccc(O)c1C(C)CCCCCCCCCCCC. The maximum Gasteiger partial charge on any atom is 0.119 e. The van der Waals surface area contributed by atoms with Crippen LogP contribution in [0.1, 0.15) is 205 Å². The molecule has 0 heterocycles. The summed E-state index contributed by atoms with van der Waals surface area (Å²) in [5.41, 5.74) is 2.01. The van der Waals surface area contributed by atoms with E-state index in [9.17, 15) is 10.2 Å². The fourth-order valence-corrected chi connectivity index (χ4v) is 6.17. The van der Waals surface area contributed by atoms with Crippen LogP contribution in [0.4, 0.5) is 0 Å². The molecule has 38 heavy (non-hydrogen) atoms. The summed E-state index contributed by atoms with van der Waals surface area (Å²) in [7, 11) is 0. The maximum absolute atomic E-state index is 10.8. The van der Waals surface area contributed by atoms with Crippen molar-refractivity contribution in [3.63, 3.8) is 0 Å². The van der Waals surface area contributed by atoms with Gasteiger partial charge in [-0.25, -0.2) is 0 Å². The van der Waals surface area contributed by atoms with Crippen molar-refractivity contribution in [2.24, 2.45) is 0 Å². The van der Waals surface area contributed by atoms with Crippen molar-refractivity contribution in [1.29, 1.82) is 0 Å². The summed E-state index contributed by atoms with van der Waals surface area (Å²) in [4.78, 5) is 0. The van der Waals surface area contributed by atoms with Gasteiger partial charge in [-0.2, -0.15) is 0 Å². The molecule has 0 aliphatic carbocycles. The Morgan fingerprint density at radius 2 is 0.658 bits per heavy atom. The van der Waals surface area contributed by atoms with Crippen LogP contribution in [0.5, 0.6) is 11.5 Å². The van der Waals surface area contributed by atoms with E-state index in [-0.39, 0.29) is 11.8 Å². The molecular formula is C36H66O2. The summed E-state index contributed by atoms with van der Waals surface area (Å²) in [5, 5.41) is 21.5. The van der Waals surface area contributed by atoms with Crippen molar-refractivity contribution in [1.82, 2.24) is 0 Å². The molecule has 0 aromatic heterocycles. The zero-order chi connectivity index (χ0) is 27.8. The van der Waals surface area contributed by atoms with Crippen LogP contribution in [-0.2, 0) is 0 Å². The van der Waals surface area contributed by atoms with Crippen LogP contribution in [-0.4, -0.2) is 10.2 Å². The van der Waals surface area contributed by atoms with Gasteiger partial charge in [0.15, 0.2) is 0 Å². The maximum atomic E-state index is 10.8. The van der Waals surface area contributed by atoms with Gasteiger partial charge in [-0.3, -0.25) is 0 Å². The molecule has 2 heteroatoms. The van der Waals surface area contributed by atoms with Gasteiger partial charge in [0.2, 0.25) is 0 Å². The first-order valence-electron chi connectivity index (χ1n) is 17.1. The molecule has 0 saturated heterocycles. The Kier molecular flexibility index (Phi) is 21.7. The van der Waals surface area contributed by atoms with Crippen LogP contribution < -0.4 is 0 Å². The van der Waals surface area contributed by atoms with Crippen molar-refractivity contribution in [2.45, 2.75) is 194 Å². The number of rotatable bonds is 26. The molecule has 0 fully saturated rings. The Morgan fingerprint density at radius 3 is 0.921 bits per heavy atom. The predicted octanol–water partition coefficient (Wildman–Crippen LogP) is 12.7. The molecule has 2 N–H and O–H groups in total. The number of hydrogen-bond acceptors (Lipinski definition) is 2. The van der Waals surface area contributed by atoms with Gasteiger partial charge < -0.3 is 10.2 Å². The predicted molar refractivity (Wildman–Crippen MR) is 169 cm³/mol. The third kappa shape index (κ3) is 16.0. The van der Waals surface area contributed by atoms with E-state index >= 15 is 0 Å². The summed E-state index contributed by atoms with van der Waals surface area (Å²) >= 11 is 0. The molecule has 2 atom stereocenters. The van der Waals surface area contributed by atoms with Crippen LogP contribution in [0.25, 0.3) is 0 Å². The third-order valence-corrected chi connectivity index (χ3v) is 8.71. The van der Waals surface area contributed by atoms with Crippen molar-refractivity contribution >= 4 is 0 Å². The minimum absolute atomic E-state index is 0.287. The van der Waals surface area contributed by atoms with E-state index in [4.69, 9.17) is 0 Å². The molecule has 0 spiro atoms. The van der Waals surface area contributed by atoms with Gasteiger partial charge in [0, 0.05) is 11.1 Å². The third-order valence-electron chi connectivity index (χ3n) is 8.71. The molecule has 222 valence electrons. The van der Waals surface area contributed by atoms with Gasteiger partial charge in [0.25, 0.3) is 0 Å². The summed E-state index contributed by atoms with van der Waals surface area (Å²) < 4.78 is 0. The van der Waals surface area contributed by atoms with Gasteiger partial charge >= 0.3 is 0 Å². The Hall–Kier alpha value is -1.18. The smallest absolute Gasteiger partial charge is 0.119 e. The summed E-state index contributed by atoms with van der Waals surface area (Å²) in [6.07, 6.45) is 32.0. The molecule has 0 aliphatic rings. The summed E-state index contributed by atoms with van der Waals surface area (Å²) in [6, 6.07) is 3.39. The fourth-order valence-electron chi connectivity index (χ4n) is 6.17. The lowest BCUT2D eigenvalue weighted by Gasteiger charge is -2.23. The van der Waals surface area contributed by atoms with Gasteiger partial charge in [-0.05, 0) is 36.8 Å². The number of aromatic hydroxyl groups is 2. The lowest BCUT2D eigenvalue weighted by Crippen LogP contribution is -2.05. The van der Waals surface area contributed by atoms with E-state index in [0.29, 0.717) is 11.5 Å². The monoisotopic (exact) mass is 531 g/mol. The second-order valence-corrected chi connectivity index (χ2v) is 12.4. The average Bonchev–Trinajstić information content (AvgIpc) is 2.91. The first-order valence-corrected chi connectivity index (χ1v) is 17.1. The minimum Gasteiger partial charge on any atom is -0.508 e. The van der Waals surface area contributed by atoms with Crippen molar-refractivity contribution in [3.8, 4) is 11.5 Å². The number of phenols is 2. The Bertz CT molecular complexity index is 668. The van der Waals surface area contributed by atoms with E-state index in [1.807, 2.05) is 0 Å². The molecular weight excluding hydrogens is 464 g/mol. The lowest BCUT2D eigenvalue weighted by molar-refractivity contribution is 0.429. The topological polar surface area (TPSA) is 40.5 Å². The van der Waals surface area contributed by atoms with E-state index in [0.717, 1.165) is 24.0 Å². The minimum atomic E-state index is 0.287. The van der Waals surface area contributed by atoms with Gasteiger partial charge in [-0.1, -0.05) is 169 Å². The standard InChI is InChI=1S/C36H66O2/c1-5-7-9-11-13-15-17-18-20-22-24-26-28-32(4)36-34(38)30-29-33(37)35(36)31(3)27-25-23-21-19-16-14-12-10-8-6-2/h29-32,37-38H,5-28H2,1-4H3. The molecule has 1 aromatic rings. The van der Waals surface area contributed by atoms with Crippen LogP contribution in [0.3, 0.4) is 0 Å². The zero-order valence-electron chi connectivity index (χ0n) is 26.2. The largest absolute Gasteiger partial charge is 0.508 e. The summed E-state index contributed by atoms with van der Waals surface area (Å²) in [6.45, 7) is 9.04. The molecule has 1 aromatic carbocycles. The Balaban J connectivity index is 2.31. The number of hydrogen-bond donors (Lipinski definition) is 2. The normalized spacial score (nSPS) is 13.2. The van der Waals surface area contributed by atoms with Gasteiger partial charge in [-0.15, -0.1) is 0 Å². The van der Waals surface area contributed by atoms with E-state index < -0.39 is 0 Å². The highest BCUT2D eigenvalue weighted by molar-refractivity contribution is 5.50. The number of benzene rings is 1. The number of phenolic OH excluding ortho intramolecular Hbond substituents is 2. The first-order chi connectivity index (χ1) is 18.5. The summed E-state index contributed by atoms with van der Waals surface area (Å²) in [5.74, 6) is 1.32. The molecule has 2 nitrogen and oxygen atoms in total. The van der Waals surface area contributed by atoms with E-state index in [1.54, 1.807) is 12.1 Å². The highest BCUT2D eigenvalue weighted by Crippen LogP contribution is 2.42. The first kappa shape index (κ1) is 34.8. The van der Waals surface area contributed by atoms with Crippen molar-refractivity contribution < 1.29 is 10.2 Å². The van der Waals surface area contributed by atoms with Gasteiger partial charge in [0.05, 0.1) is 0 Å². The Morgan fingerprint density at radius 1 is 0.421 bits per heavy atom. The molecule has 1 rings (SSSR count). The zero-order valence-corrected chi connectivity index (χ0v) is 26.2. The van der Waals surface area contributed by atoms with Crippen LogP contribution in [0, 0.1) is 0 Å². The molecule has 0 amide bonds. The fraction of sp³-hybridized carbons (Fsp3) is 0.833. The molecule has 0 aliphatic heterocycles. The van der Waals surface area contributed by atoms with Crippen LogP contribution >= 0.6 is 0 Å². The van der Waals surface area contributed by atoms with Crippen LogP contribution in [0.2, 0.25) is 0 Å². The second kappa shape index (κ2) is 23.7. The van der Waals surface area contributed by atoms with Crippen molar-refractivity contribution in [2.75, 3.05) is 0 Å².